The number of benzene rings is 1. The van der Waals surface area contributed by atoms with Crippen molar-refractivity contribution in [2.45, 2.75) is 32.4 Å². The van der Waals surface area contributed by atoms with Crippen LogP contribution in [0, 0.1) is 9.49 Å². The molecule has 94 valence electrons. The predicted octanol–water partition coefficient (Wildman–Crippen LogP) is 2.85. The van der Waals surface area contributed by atoms with Crippen molar-refractivity contribution in [2.24, 2.45) is 11.7 Å². The highest BCUT2D eigenvalue weighted by Gasteiger charge is 2.22. The van der Waals surface area contributed by atoms with Crippen LogP contribution >= 0.6 is 22.6 Å². The Morgan fingerprint density at radius 3 is 2.76 bits per heavy atom. The third-order valence-corrected chi connectivity index (χ3v) is 4.32. The van der Waals surface area contributed by atoms with Crippen molar-refractivity contribution in [2.75, 3.05) is 13.1 Å². The monoisotopic (exact) mass is 344 g/mol. The van der Waals surface area contributed by atoms with E-state index in [0.29, 0.717) is 12.0 Å². The molecule has 0 saturated carbocycles. The Bertz CT molecular complexity index is 348. The van der Waals surface area contributed by atoms with Gasteiger partial charge < -0.3 is 5.73 Å². The first-order valence-electron chi connectivity index (χ1n) is 6.37. The molecule has 1 aromatic carbocycles. The molecule has 0 radical (unpaired) electrons. The molecule has 0 aliphatic carbocycles. The van der Waals surface area contributed by atoms with Gasteiger partial charge in [-0.3, -0.25) is 4.90 Å². The van der Waals surface area contributed by atoms with Gasteiger partial charge in [-0.15, -0.1) is 0 Å². The lowest BCUT2D eigenvalue weighted by atomic mass is 9.92. The molecular formula is C14H21IN2. The molecule has 17 heavy (non-hydrogen) atoms. The fourth-order valence-corrected chi connectivity index (χ4v) is 2.87. The summed E-state index contributed by atoms with van der Waals surface area (Å²) in [4.78, 5) is 2.54. The number of nitrogens with zero attached hydrogens (tertiary/aromatic N) is 1. The molecule has 0 aromatic heterocycles. The minimum absolute atomic E-state index is 0.328. The SMILES string of the molecule is CC(N)C1CCCN(Cc2ccc(I)cc2)C1. The molecule has 1 aliphatic rings. The maximum absolute atomic E-state index is 6.01. The molecule has 2 N–H and O–H groups in total. The lowest BCUT2D eigenvalue weighted by molar-refractivity contribution is 0.154. The molecule has 2 rings (SSSR count). The van der Waals surface area contributed by atoms with E-state index >= 15 is 0 Å². The van der Waals surface area contributed by atoms with E-state index in [1.807, 2.05) is 0 Å². The lowest BCUT2D eigenvalue weighted by Gasteiger charge is -2.34. The summed E-state index contributed by atoms with van der Waals surface area (Å²) in [5.41, 5.74) is 7.43. The largest absolute Gasteiger partial charge is 0.328 e. The van der Waals surface area contributed by atoms with E-state index in [0.717, 1.165) is 13.1 Å². The molecule has 1 aliphatic heterocycles. The number of halogens is 1. The zero-order valence-corrected chi connectivity index (χ0v) is 12.6. The molecule has 0 spiro atoms. The van der Waals surface area contributed by atoms with Gasteiger partial charge in [0.2, 0.25) is 0 Å². The maximum atomic E-state index is 6.01. The van der Waals surface area contributed by atoms with Crippen LogP contribution in [-0.4, -0.2) is 24.0 Å². The van der Waals surface area contributed by atoms with Gasteiger partial charge in [0.25, 0.3) is 0 Å². The van der Waals surface area contributed by atoms with Crippen molar-refractivity contribution < 1.29 is 0 Å². The standard InChI is InChI=1S/C14H21IN2/c1-11(16)13-3-2-8-17(10-13)9-12-4-6-14(15)7-5-12/h4-7,11,13H,2-3,8-10,16H2,1H3. The first-order valence-corrected chi connectivity index (χ1v) is 7.45. The topological polar surface area (TPSA) is 29.3 Å². The number of nitrogens with two attached hydrogens (primary N) is 1. The molecule has 2 nitrogen and oxygen atoms in total. The highest BCUT2D eigenvalue weighted by molar-refractivity contribution is 14.1. The second-order valence-electron chi connectivity index (χ2n) is 5.12. The van der Waals surface area contributed by atoms with Crippen molar-refractivity contribution in [3.63, 3.8) is 0 Å². The first-order chi connectivity index (χ1) is 8.15. The second-order valence-corrected chi connectivity index (χ2v) is 6.37. The van der Waals surface area contributed by atoms with Crippen molar-refractivity contribution in [1.82, 2.24) is 4.90 Å². The smallest absolute Gasteiger partial charge is 0.0233 e. The number of piperidine rings is 1. The molecule has 1 aromatic rings. The van der Waals surface area contributed by atoms with Gasteiger partial charge in [0.05, 0.1) is 0 Å². The van der Waals surface area contributed by atoms with Crippen LogP contribution in [0.2, 0.25) is 0 Å². The normalized spacial score (nSPS) is 23.6. The first kappa shape index (κ1) is 13.3. The van der Waals surface area contributed by atoms with Gasteiger partial charge in [0.1, 0.15) is 0 Å². The summed E-state index contributed by atoms with van der Waals surface area (Å²) in [5.74, 6) is 0.674. The Hall–Kier alpha value is -0.130. The minimum Gasteiger partial charge on any atom is -0.328 e. The van der Waals surface area contributed by atoms with Crippen molar-refractivity contribution in [1.29, 1.82) is 0 Å². The number of likely N-dealkylation sites (tertiary alicyclic amines) is 1. The average molecular weight is 344 g/mol. The summed E-state index contributed by atoms with van der Waals surface area (Å²) in [7, 11) is 0. The second kappa shape index (κ2) is 6.16. The van der Waals surface area contributed by atoms with Crippen LogP contribution in [0.15, 0.2) is 24.3 Å². The number of rotatable bonds is 3. The summed E-state index contributed by atoms with van der Waals surface area (Å²) >= 11 is 2.35. The van der Waals surface area contributed by atoms with Gasteiger partial charge in [0.15, 0.2) is 0 Å². The fourth-order valence-electron chi connectivity index (χ4n) is 2.51. The van der Waals surface area contributed by atoms with Gasteiger partial charge in [0, 0.05) is 22.7 Å². The van der Waals surface area contributed by atoms with Crippen LogP contribution in [0.1, 0.15) is 25.3 Å². The van der Waals surface area contributed by atoms with E-state index in [9.17, 15) is 0 Å². The fraction of sp³-hybridized carbons (Fsp3) is 0.571. The molecule has 0 bridgehead atoms. The van der Waals surface area contributed by atoms with Crippen LogP contribution in [0.5, 0.6) is 0 Å². The van der Waals surface area contributed by atoms with E-state index in [1.165, 1.54) is 28.5 Å². The van der Waals surface area contributed by atoms with E-state index < -0.39 is 0 Å². The lowest BCUT2D eigenvalue weighted by Crippen LogP contribution is -2.41. The van der Waals surface area contributed by atoms with Crippen LogP contribution in [0.4, 0.5) is 0 Å². The average Bonchev–Trinajstić information content (AvgIpc) is 2.32. The summed E-state index contributed by atoms with van der Waals surface area (Å²) in [5, 5.41) is 0. The summed E-state index contributed by atoms with van der Waals surface area (Å²) in [6.45, 7) is 5.58. The highest BCUT2D eigenvalue weighted by atomic mass is 127. The summed E-state index contributed by atoms with van der Waals surface area (Å²) in [6, 6.07) is 9.16. The molecule has 1 heterocycles. The molecule has 1 fully saturated rings. The quantitative estimate of drug-likeness (QED) is 0.855. The Balaban J connectivity index is 1.92. The number of hydrogen-bond acceptors (Lipinski definition) is 2. The Labute approximate surface area is 118 Å². The third kappa shape index (κ3) is 3.93. The van der Waals surface area contributed by atoms with Gasteiger partial charge in [-0.05, 0) is 72.5 Å². The number of hydrogen-bond donors (Lipinski definition) is 1. The molecule has 3 heteroatoms. The Morgan fingerprint density at radius 1 is 1.41 bits per heavy atom. The molecular weight excluding hydrogens is 323 g/mol. The molecule has 1 saturated heterocycles. The summed E-state index contributed by atoms with van der Waals surface area (Å²) in [6.07, 6.45) is 2.58. The van der Waals surface area contributed by atoms with Crippen molar-refractivity contribution >= 4 is 22.6 Å². The Kier molecular flexibility index (Phi) is 4.82. The van der Waals surface area contributed by atoms with Gasteiger partial charge in [-0.25, -0.2) is 0 Å². The van der Waals surface area contributed by atoms with E-state index in [1.54, 1.807) is 0 Å². The van der Waals surface area contributed by atoms with Crippen LogP contribution in [-0.2, 0) is 6.54 Å². The maximum Gasteiger partial charge on any atom is 0.0233 e. The Morgan fingerprint density at radius 2 is 2.12 bits per heavy atom. The van der Waals surface area contributed by atoms with Gasteiger partial charge >= 0.3 is 0 Å². The van der Waals surface area contributed by atoms with Crippen LogP contribution < -0.4 is 5.73 Å². The minimum atomic E-state index is 0.328. The zero-order chi connectivity index (χ0) is 12.3. The predicted molar refractivity (Wildman–Crippen MR) is 80.8 cm³/mol. The van der Waals surface area contributed by atoms with E-state index in [4.69, 9.17) is 5.73 Å². The van der Waals surface area contributed by atoms with E-state index in [-0.39, 0.29) is 0 Å². The molecule has 0 amide bonds. The molecule has 2 atom stereocenters. The van der Waals surface area contributed by atoms with Gasteiger partial charge in [-0.1, -0.05) is 12.1 Å². The van der Waals surface area contributed by atoms with Gasteiger partial charge in [-0.2, -0.15) is 0 Å². The zero-order valence-electron chi connectivity index (χ0n) is 10.4. The molecule has 2 unspecified atom stereocenters. The van der Waals surface area contributed by atoms with Crippen molar-refractivity contribution in [3.8, 4) is 0 Å². The highest BCUT2D eigenvalue weighted by Crippen LogP contribution is 2.20. The third-order valence-electron chi connectivity index (χ3n) is 3.60. The van der Waals surface area contributed by atoms with Crippen LogP contribution in [0.3, 0.4) is 0 Å². The summed E-state index contributed by atoms with van der Waals surface area (Å²) < 4.78 is 1.30. The van der Waals surface area contributed by atoms with Crippen LogP contribution in [0.25, 0.3) is 0 Å². The van der Waals surface area contributed by atoms with E-state index in [2.05, 4.69) is 58.7 Å². The van der Waals surface area contributed by atoms with Crippen molar-refractivity contribution in [3.05, 3.63) is 33.4 Å².